The number of halogens is 2. The molecule has 0 radical (unpaired) electrons. The smallest absolute Gasteiger partial charge is 0.263 e. The van der Waals surface area contributed by atoms with Crippen molar-refractivity contribution in [1.82, 2.24) is 4.98 Å². The van der Waals surface area contributed by atoms with Gasteiger partial charge in [-0.3, -0.25) is 4.72 Å². The molecule has 96 valence electrons. The topological polar surface area (TPSA) is 59.1 Å². The monoisotopic (exact) mass is 366 g/mol. The van der Waals surface area contributed by atoms with E-state index >= 15 is 0 Å². The first-order valence-corrected chi connectivity index (χ1v) is 8.26. The Morgan fingerprint density at radius 2 is 2.17 bits per heavy atom. The standard InChI is InChI=1S/C10H8BrClN2O2S2/c1-6-2-3-13-8(4-6)14-18(15,16)9-5-7(12)10(11)17-9/h2-5H,1H3,(H,13,14). The SMILES string of the molecule is Cc1ccnc(NS(=O)(=O)c2cc(Cl)c(Br)s2)c1. The van der Waals surface area contributed by atoms with Gasteiger partial charge < -0.3 is 0 Å². The Bertz CT molecular complexity index is 665. The number of hydrogen-bond acceptors (Lipinski definition) is 4. The zero-order chi connectivity index (χ0) is 13.3. The molecule has 0 aliphatic rings. The van der Waals surface area contributed by atoms with Crippen molar-refractivity contribution in [2.45, 2.75) is 11.1 Å². The number of aryl methyl sites for hydroxylation is 1. The molecule has 0 atom stereocenters. The zero-order valence-electron chi connectivity index (χ0n) is 9.15. The third-order valence-electron chi connectivity index (χ3n) is 2.04. The molecule has 0 spiro atoms. The molecule has 8 heteroatoms. The first-order chi connectivity index (χ1) is 8.38. The summed E-state index contributed by atoms with van der Waals surface area (Å²) < 4.78 is 27.3. The van der Waals surface area contributed by atoms with Crippen molar-refractivity contribution < 1.29 is 8.42 Å². The molecule has 2 aromatic rings. The van der Waals surface area contributed by atoms with Gasteiger partial charge in [0.15, 0.2) is 0 Å². The molecule has 0 bridgehead atoms. The average Bonchev–Trinajstić information content (AvgIpc) is 2.59. The third kappa shape index (κ3) is 3.03. The van der Waals surface area contributed by atoms with E-state index in [2.05, 4.69) is 25.6 Å². The van der Waals surface area contributed by atoms with Crippen molar-refractivity contribution in [2.75, 3.05) is 4.72 Å². The van der Waals surface area contributed by atoms with Crippen LogP contribution >= 0.6 is 38.9 Å². The van der Waals surface area contributed by atoms with Crippen LogP contribution in [0, 0.1) is 6.92 Å². The predicted octanol–water partition coefficient (Wildman–Crippen LogP) is 3.67. The number of thiophene rings is 1. The highest BCUT2D eigenvalue weighted by atomic mass is 79.9. The van der Waals surface area contributed by atoms with Gasteiger partial charge in [-0.1, -0.05) is 11.6 Å². The molecule has 0 saturated heterocycles. The van der Waals surface area contributed by atoms with Crippen LogP contribution in [0.1, 0.15) is 5.56 Å². The summed E-state index contributed by atoms with van der Waals surface area (Å²) in [5.74, 6) is 0.288. The molecule has 0 amide bonds. The Morgan fingerprint density at radius 3 is 2.72 bits per heavy atom. The van der Waals surface area contributed by atoms with Crippen LogP contribution in [0.15, 0.2) is 32.4 Å². The van der Waals surface area contributed by atoms with Crippen LogP contribution in [-0.2, 0) is 10.0 Å². The molecular weight excluding hydrogens is 360 g/mol. The van der Waals surface area contributed by atoms with Gasteiger partial charge >= 0.3 is 0 Å². The van der Waals surface area contributed by atoms with E-state index in [1.54, 1.807) is 18.3 Å². The Labute approximate surface area is 122 Å². The molecule has 0 saturated carbocycles. The lowest BCUT2D eigenvalue weighted by atomic mass is 10.3. The van der Waals surface area contributed by atoms with Gasteiger partial charge in [-0.25, -0.2) is 13.4 Å². The lowest BCUT2D eigenvalue weighted by Gasteiger charge is -2.05. The lowest BCUT2D eigenvalue weighted by Crippen LogP contribution is -2.12. The Balaban J connectivity index is 2.33. The van der Waals surface area contributed by atoms with Gasteiger partial charge in [0, 0.05) is 6.20 Å². The fraction of sp³-hybridized carbons (Fsp3) is 0.100. The molecule has 0 fully saturated rings. The normalized spacial score (nSPS) is 11.5. The van der Waals surface area contributed by atoms with E-state index in [9.17, 15) is 8.42 Å². The summed E-state index contributed by atoms with van der Waals surface area (Å²) in [5.41, 5.74) is 0.924. The minimum absolute atomic E-state index is 0.141. The minimum atomic E-state index is -3.64. The first-order valence-electron chi connectivity index (χ1n) is 4.79. The molecule has 4 nitrogen and oxygen atoms in total. The van der Waals surface area contributed by atoms with E-state index in [1.165, 1.54) is 6.07 Å². The number of sulfonamides is 1. The molecule has 1 N–H and O–H groups in total. The number of rotatable bonds is 3. The van der Waals surface area contributed by atoms with Crippen LogP contribution in [0.25, 0.3) is 0 Å². The molecule has 0 aliphatic heterocycles. The highest BCUT2D eigenvalue weighted by Crippen LogP contribution is 2.35. The quantitative estimate of drug-likeness (QED) is 0.900. The molecule has 18 heavy (non-hydrogen) atoms. The predicted molar refractivity (Wildman–Crippen MR) is 76.8 cm³/mol. The molecule has 2 aromatic heterocycles. The van der Waals surface area contributed by atoms with Gasteiger partial charge in [-0.15, -0.1) is 11.3 Å². The lowest BCUT2D eigenvalue weighted by molar-refractivity contribution is 0.603. The maximum absolute atomic E-state index is 12.1. The average molecular weight is 368 g/mol. The zero-order valence-corrected chi connectivity index (χ0v) is 13.1. The summed E-state index contributed by atoms with van der Waals surface area (Å²) in [5, 5.41) is 0.373. The summed E-state index contributed by atoms with van der Waals surface area (Å²) in [4.78, 5) is 3.95. The second-order valence-electron chi connectivity index (χ2n) is 3.51. The molecule has 0 aliphatic carbocycles. The number of aromatic nitrogens is 1. The Morgan fingerprint density at radius 1 is 1.44 bits per heavy atom. The minimum Gasteiger partial charge on any atom is -0.263 e. The molecule has 2 rings (SSSR count). The van der Waals surface area contributed by atoms with Gasteiger partial charge in [0.05, 0.1) is 8.81 Å². The van der Waals surface area contributed by atoms with Crippen molar-refractivity contribution in [2.24, 2.45) is 0 Å². The van der Waals surface area contributed by atoms with Crippen LogP contribution in [0.2, 0.25) is 5.02 Å². The Hall–Kier alpha value is -0.630. The molecule has 2 heterocycles. The second kappa shape index (κ2) is 5.16. The van der Waals surface area contributed by atoms with Crippen molar-refractivity contribution in [3.8, 4) is 0 Å². The first kappa shape index (κ1) is 13.8. The maximum atomic E-state index is 12.1. The number of anilines is 1. The van der Waals surface area contributed by atoms with Crippen LogP contribution in [0.4, 0.5) is 5.82 Å². The van der Waals surface area contributed by atoms with Gasteiger partial charge in [0.2, 0.25) is 0 Å². The fourth-order valence-corrected chi connectivity index (χ4v) is 4.64. The van der Waals surface area contributed by atoms with Crippen LogP contribution in [0.3, 0.4) is 0 Å². The van der Waals surface area contributed by atoms with Crippen molar-refractivity contribution >= 4 is 54.7 Å². The van der Waals surface area contributed by atoms with E-state index in [-0.39, 0.29) is 10.0 Å². The number of nitrogens with one attached hydrogen (secondary N) is 1. The van der Waals surface area contributed by atoms with Gasteiger partial charge in [0.25, 0.3) is 10.0 Å². The van der Waals surface area contributed by atoms with Crippen LogP contribution in [0.5, 0.6) is 0 Å². The summed E-state index contributed by atoms with van der Waals surface area (Å²) in [6.45, 7) is 1.86. The fourth-order valence-electron chi connectivity index (χ4n) is 1.24. The highest BCUT2D eigenvalue weighted by molar-refractivity contribution is 9.11. The number of nitrogens with zero attached hydrogens (tertiary/aromatic N) is 1. The number of hydrogen-bond donors (Lipinski definition) is 1. The van der Waals surface area contributed by atoms with Gasteiger partial charge in [-0.05, 0) is 46.6 Å². The van der Waals surface area contributed by atoms with Crippen molar-refractivity contribution in [3.05, 3.63) is 38.8 Å². The summed E-state index contributed by atoms with van der Waals surface area (Å²) in [7, 11) is -3.64. The number of pyridine rings is 1. The van der Waals surface area contributed by atoms with E-state index in [4.69, 9.17) is 11.6 Å². The third-order valence-corrected chi connectivity index (χ3v) is 6.34. The second-order valence-corrected chi connectivity index (χ2v) is 8.20. The highest BCUT2D eigenvalue weighted by Gasteiger charge is 2.19. The summed E-state index contributed by atoms with van der Waals surface area (Å²) in [6.07, 6.45) is 1.55. The van der Waals surface area contributed by atoms with Crippen molar-refractivity contribution in [3.63, 3.8) is 0 Å². The van der Waals surface area contributed by atoms with E-state index in [1.807, 2.05) is 6.92 Å². The van der Waals surface area contributed by atoms with Crippen molar-refractivity contribution in [1.29, 1.82) is 0 Å². The molecule has 0 aromatic carbocycles. The van der Waals surface area contributed by atoms with E-state index in [0.717, 1.165) is 16.9 Å². The van der Waals surface area contributed by atoms with E-state index in [0.29, 0.717) is 8.81 Å². The summed E-state index contributed by atoms with van der Waals surface area (Å²) >= 11 is 10.1. The Kier molecular flexibility index (Phi) is 3.96. The van der Waals surface area contributed by atoms with Gasteiger partial charge in [-0.2, -0.15) is 0 Å². The maximum Gasteiger partial charge on any atom is 0.272 e. The van der Waals surface area contributed by atoms with Gasteiger partial charge in [0.1, 0.15) is 10.0 Å². The summed E-state index contributed by atoms with van der Waals surface area (Å²) in [6, 6.07) is 4.84. The molecule has 0 unspecified atom stereocenters. The molecular formula is C10H8BrClN2O2S2. The van der Waals surface area contributed by atoms with E-state index < -0.39 is 10.0 Å². The van der Waals surface area contributed by atoms with Crippen LogP contribution < -0.4 is 4.72 Å². The largest absolute Gasteiger partial charge is 0.272 e. The van der Waals surface area contributed by atoms with Crippen LogP contribution in [-0.4, -0.2) is 13.4 Å².